The number of alkyl halides is 1. The highest BCUT2D eigenvalue weighted by Crippen LogP contribution is 2.30. The molecule has 0 bridgehead atoms. The second kappa shape index (κ2) is 7.14. The second-order valence-corrected chi connectivity index (χ2v) is 5.72. The molecular weight excluding hydrogens is 261 g/mol. The lowest BCUT2D eigenvalue weighted by molar-refractivity contribution is 0.435. The standard InChI is InChI=1S/C16H23ClFN/c1-2-5-13-6-4-10-19(11-9-13)16-14(12-17)7-3-8-15(16)18/h3,7-8,13H,2,4-6,9-12H2,1H3. The first-order valence-corrected chi connectivity index (χ1v) is 7.88. The Labute approximate surface area is 120 Å². The zero-order chi connectivity index (χ0) is 13.7. The zero-order valence-electron chi connectivity index (χ0n) is 11.7. The Balaban J connectivity index is 2.14. The van der Waals surface area contributed by atoms with Gasteiger partial charge in [-0.05, 0) is 36.8 Å². The van der Waals surface area contributed by atoms with Gasteiger partial charge in [0.05, 0.1) is 5.69 Å². The molecule has 1 aromatic carbocycles. The van der Waals surface area contributed by atoms with Gasteiger partial charge in [-0.15, -0.1) is 11.6 Å². The van der Waals surface area contributed by atoms with E-state index in [1.165, 1.54) is 25.7 Å². The summed E-state index contributed by atoms with van der Waals surface area (Å²) in [6.45, 7) is 4.14. The molecule has 1 aromatic rings. The summed E-state index contributed by atoms with van der Waals surface area (Å²) in [6, 6.07) is 5.22. The van der Waals surface area contributed by atoms with E-state index in [1.807, 2.05) is 6.07 Å². The molecule has 1 heterocycles. The zero-order valence-corrected chi connectivity index (χ0v) is 12.4. The molecule has 0 aromatic heterocycles. The SMILES string of the molecule is CCCC1CCCN(c2c(F)cccc2CCl)CC1. The van der Waals surface area contributed by atoms with E-state index < -0.39 is 0 Å². The number of rotatable bonds is 4. The number of para-hydroxylation sites is 1. The number of hydrogen-bond donors (Lipinski definition) is 0. The van der Waals surface area contributed by atoms with Gasteiger partial charge >= 0.3 is 0 Å². The quantitative estimate of drug-likeness (QED) is 0.705. The molecular formula is C16H23ClFN. The lowest BCUT2D eigenvalue weighted by Crippen LogP contribution is -2.26. The van der Waals surface area contributed by atoms with E-state index >= 15 is 0 Å². The topological polar surface area (TPSA) is 3.24 Å². The van der Waals surface area contributed by atoms with Crippen LogP contribution in [0.2, 0.25) is 0 Å². The molecule has 106 valence electrons. The number of halogens is 2. The predicted octanol–water partition coefficient (Wildman–Crippen LogP) is 4.97. The van der Waals surface area contributed by atoms with Gasteiger partial charge < -0.3 is 4.90 Å². The van der Waals surface area contributed by atoms with E-state index in [-0.39, 0.29) is 5.82 Å². The van der Waals surface area contributed by atoms with Crippen LogP contribution in [-0.4, -0.2) is 13.1 Å². The maximum atomic E-state index is 14.1. The molecule has 0 amide bonds. The lowest BCUT2D eigenvalue weighted by Gasteiger charge is -2.25. The van der Waals surface area contributed by atoms with Gasteiger partial charge in [0.1, 0.15) is 5.82 Å². The van der Waals surface area contributed by atoms with Crippen LogP contribution in [0.3, 0.4) is 0 Å². The molecule has 1 unspecified atom stereocenters. The minimum Gasteiger partial charge on any atom is -0.369 e. The lowest BCUT2D eigenvalue weighted by atomic mass is 9.96. The molecule has 1 atom stereocenters. The molecule has 2 rings (SSSR count). The highest BCUT2D eigenvalue weighted by Gasteiger charge is 2.20. The van der Waals surface area contributed by atoms with Crippen molar-refractivity contribution < 1.29 is 4.39 Å². The van der Waals surface area contributed by atoms with E-state index in [9.17, 15) is 4.39 Å². The Morgan fingerprint density at radius 2 is 2.16 bits per heavy atom. The minimum absolute atomic E-state index is 0.132. The molecule has 0 aliphatic carbocycles. The molecule has 1 nitrogen and oxygen atoms in total. The van der Waals surface area contributed by atoms with Crippen LogP contribution in [-0.2, 0) is 5.88 Å². The van der Waals surface area contributed by atoms with Crippen LogP contribution in [0, 0.1) is 11.7 Å². The van der Waals surface area contributed by atoms with Gasteiger partial charge in [-0.25, -0.2) is 4.39 Å². The largest absolute Gasteiger partial charge is 0.369 e. The third kappa shape index (κ3) is 3.62. The van der Waals surface area contributed by atoms with Crippen molar-refractivity contribution >= 4 is 17.3 Å². The first-order valence-electron chi connectivity index (χ1n) is 7.34. The van der Waals surface area contributed by atoms with Gasteiger partial charge in [0.25, 0.3) is 0 Å². The van der Waals surface area contributed by atoms with Crippen LogP contribution in [0.5, 0.6) is 0 Å². The minimum atomic E-state index is -0.132. The summed E-state index contributed by atoms with van der Waals surface area (Å²) < 4.78 is 14.1. The van der Waals surface area contributed by atoms with Crippen molar-refractivity contribution in [3.05, 3.63) is 29.6 Å². The predicted molar refractivity (Wildman–Crippen MR) is 80.4 cm³/mol. The van der Waals surface area contributed by atoms with Crippen molar-refractivity contribution in [1.29, 1.82) is 0 Å². The Morgan fingerprint density at radius 1 is 1.32 bits per heavy atom. The maximum absolute atomic E-state index is 14.1. The Kier molecular flexibility index (Phi) is 5.50. The van der Waals surface area contributed by atoms with Crippen LogP contribution < -0.4 is 4.90 Å². The molecule has 0 saturated carbocycles. The summed E-state index contributed by atoms with van der Waals surface area (Å²) in [6.07, 6.45) is 6.14. The Morgan fingerprint density at radius 3 is 2.89 bits per heavy atom. The molecule has 3 heteroatoms. The second-order valence-electron chi connectivity index (χ2n) is 5.45. The first-order chi connectivity index (χ1) is 9.26. The fourth-order valence-electron chi connectivity index (χ4n) is 3.11. The number of anilines is 1. The normalized spacial score (nSPS) is 20.4. The van der Waals surface area contributed by atoms with Crippen molar-refractivity contribution in [2.75, 3.05) is 18.0 Å². The summed E-state index contributed by atoms with van der Waals surface area (Å²) in [5, 5.41) is 0. The Hall–Kier alpha value is -0.760. The number of benzene rings is 1. The van der Waals surface area contributed by atoms with Gasteiger partial charge in [-0.1, -0.05) is 31.9 Å². The van der Waals surface area contributed by atoms with E-state index in [0.717, 1.165) is 36.7 Å². The molecule has 0 spiro atoms. The molecule has 1 aliphatic heterocycles. The molecule has 0 radical (unpaired) electrons. The van der Waals surface area contributed by atoms with Crippen LogP contribution in [0.1, 0.15) is 44.6 Å². The van der Waals surface area contributed by atoms with E-state index in [4.69, 9.17) is 11.6 Å². The van der Waals surface area contributed by atoms with E-state index in [2.05, 4.69) is 11.8 Å². The average molecular weight is 284 g/mol. The van der Waals surface area contributed by atoms with Crippen molar-refractivity contribution in [3.63, 3.8) is 0 Å². The van der Waals surface area contributed by atoms with Crippen molar-refractivity contribution in [1.82, 2.24) is 0 Å². The monoisotopic (exact) mass is 283 g/mol. The summed E-state index contributed by atoms with van der Waals surface area (Å²) in [5.74, 6) is 1.05. The third-order valence-corrected chi connectivity index (χ3v) is 4.36. The van der Waals surface area contributed by atoms with E-state index in [1.54, 1.807) is 12.1 Å². The van der Waals surface area contributed by atoms with Gasteiger partial charge in [-0.3, -0.25) is 0 Å². The van der Waals surface area contributed by atoms with Crippen molar-refractivity contribution in [3.8, 4) is 0 Å². The fourth-order valence-corrected chi connectivity index (χ4v) is 3.32. The molecule has 1 fully saturated rings. The maximum Gasteiger partial charge on any atom is 0.146 e. The molecule has 1 aliphatic rings. The number of nitrogens with zero attached hydrogens (tertiary/aromatic N) is 1. The number of hydrogen-bond acceptors (Lipinski definition) is 1. The van der Waals surface area contributed by atoms with Crippen LogP contribution in [0.15, 0.2) is 18.2 Å². The summed E-state index contributed by atoms with van der Waals surface area (Å²) in [7, 11) is 0. The fraction of sp³-hybridized carbons (Fsp3) is 0.625. The molecule has 0 N–H and O–H groups in total. The first kappa shape index (κ1) is 14.6. The van der Waals surface area contributed by atoms with Gasteiger partial charge in [0.15, 0.2) is 0 Å². The van der Waals surface area contributed by atoms with Crippen molar-refractivity contribution in [2.24, 2.45) is 5.92 Å². The van der Waals surface area contributed by atoms with Gasteiger partial charge in [0, 0.05) is 19.0 Å². The highest BCUT2D eigenvalue weighted by molar-refractivity contribution is 6.17. The van der Waals surface area contributed by atoms with Crippen LogP contribution >= 0.6 is 11.6 Å². The molecule has 19 heavy (non-hydrogen) atoms. The molecule has 1 saturated heterocycles. The van der Waals surface area contributed by atoms with Crippen LogP contribution in [0.25, 0.3) is 0 Å². The van der Waals surface area contributed by atoms with Crippen molar-refractivity contribution in [2.45, 2.75) is 44.9 Å². The third-order valence-electron chi connectivity index (χ3n) is 4.08. The highest BCUT2D eigenvalue weighted by atomic mass is 35.5. The summed E-state index contributed by atoms with van der Waals surface area (Å²) in [5.41, 5.74) is 1.64. The van der Waals surface area contributed by atoms with Gasteiger partial charge in [0.2, 0.25) is 0 Å². The van der Waals surface area contributed by atoms with Gasteiger partial charge in [-0.2, -0.15) is 0 Å². The summed E-state index contributed by atoms with van der Waals surface area (Å²) >= 11 is 5.95. The van der Waals surface area contributed by atoms with Crippen LogP contribution in [0.4, 0.5) is 10.1 Å². The smallest absolute Gasteiger partial charge is 0.146 e. The summed E-state index contributed by atoms with van der Waals surface area (Å²) in [4.78, 5) is 2.20. The average Bonchev–Trinajstić information content (AvgIpc) is 2.64. The Bertz CT molecular complexity index is 408. The van der Waals surface area contributed by atoms with E-state index in [0.29, 0.717) is 5.88 Å².